The molecule has 126 valence electrons. The highest BCUT2D eigenvalue weighted by Crippen LogP contribution is 2.26. The zero-order chi connectivity index (χ0) is 16.7. The number of thioether (sulfide) groups is 1. The number of nitrogens with one attached hydrogen (secondary N) is 2. The smallest absolute Gasteiger partial charge is 0.313 e. The van der Waals surface area contributed by atoms with Crippen molar-refractivity contribution in [1.82, 2.24) is 5.32 Å². The van der Waals surface area contributed by atoms with Gasteiger partial charge in [0.25, 0.3) is 0 Å². The number of para-hydroxylation sites is 1. The molecule has 1 fully saturated rings. The second kappa shape index (κ2) is 8.93. The molecule has 5 nitrogen and oxygen atoms in total. The summed E-state index contributed by atoms with van der Waals surface area (Å²) < 4.78 is 0. The molecule has 1 saturated carbocycles. The number of amides is 2. The molecule has 1 aromatic rings. The van der Waals surface area contributed by atoms with E-state index in [-0.39, 0.29) is 12.5 Å². The molecule has 1 unspecified atom stereocenters. The summed E-state index contributed by atoms with van der Waals surface area (Å²) in [5.74, 6) is -1.19. The maximum atomic E-state index is 12.0. The third-order valence-corrected chi connectivity index (χ3v) is 5.02. The first-order valence-electron chi connectivity index (χ1n) is 8.02. The van der Waals surface area contributed by atoms with E-state index in [1.165, 1.54) is 18.2 Å². The monoisotopic (exact) mass is 336 g/mol. The summed E-state index contributed by atoms with van der Waals surface area (Å²) in [6, 6.07) is 7.32. The molecule has 1 aliphatic rings. The van der Waals surface area contributed by atoms with Crippen LogP contribution in [-0.4, -0.2) is 35.8 Å². The molecule has 2 rings (SSSR count). The fraction of sp³-hybridized carbons (Fsp3) is 0.529. The van der Waals surface area contributed by atoms with Crippen LogP contribution in [0.25, 0.3) is 0 Å². The van der Waals surface area contributed by atoms with E-state index in [4.69, 9.17) is 0 Å². The van der Waals surface area contributed by atoms with Crippen LogP contribution in [0.3, 0.4) is 0 Å². The zero-order valence-corrected chi connectivity index (χ0v) is 14.2. The summed E-state index contributed by atoms with van der Waals surface area (Å²) >= 11 is 1.50. The first-order chi connectivity index (χ1) is 11.1. The molecular formula is C17H24N2O3S. The Hall–Kier alpha value is -1.53. The summed E-state index contributed by atoms with van der Waals surface area (Å²) in [6.07, 6.45) is 6.78. The molecule has 23 heavy (non-hydrogen) atoms. The van der Waals surface area contributed by atoms with Gasteiger partial charge in [-0.15, -0.1) is 11.8 Å². The zero-order valence-electron chi connectivity index (χ0n) is 13.4. The first-order valence-corrected chi connectivity index (χ1v) is 9.24. The van der Waals surface area contributed by atoms with Crippen LogP contribution in [-0.2, 0) is 9.59 Å². The standard InChI is InChI=1S/C17H24N2O3S/c1-23-15-10-6-5-9-13(15)19-17(22)16(21)18-11-14(20)12-7-3-2-4-8-12/h5-6,9-10,12,14,20H,2-4,7-8,11H2,1H3,(H,18,21)(H,19,22). The highest BCUT2D eigenvalue weighted by Gasteiger charge is 2.23. The molecule has 0 aliphatic heterocycles. The van der Waals surface area contributed by atoms with E-state index in [2.05, 4.69) is 10.6 Å². The number of aliphatic hydroxyl groups is 1. The highest BCUT2D eigenvalue weighted by atomic mass is 32.2. The van der Waals surface area contributed by atoms with E-state index in [1.807, 2.05) is 18.4 Å². The van der Waals surface area contributed by atoms with E-state index < -0.39 is 17.9 Å². The van der Waals surface area contributed by atoms with Crippen molar-refractivity contribution in [3.05, 3.63) is 24.3 Å². The van der Waals surface area contributed by atoms with Gasteiger partial charge in [-0.3, -0.25) is 9.59 Å². The van der Waals surface area contributed by atoms with Crippen molar-refractivity contribution >= 4 is 29.3 Å². The largest absolute Gasteiger partial charge is 0.391 e. The topological polar surface area (TPSA) is 78.4 Å². The average molecular weight is 336 g/mol. The Morgan fingerprint density at radius 2 is 1.91 bits per heavy atom. The molecule has 0 radical (unpaired) electrons. The maximum Gasteiger partial charge on any atom is 0.313 e. The number of benzene rings is 1. The number of hydrogen-bond donors (Lipinski definition) is 3. The molecule has 0 heterocycles. The van der Waals surface area contributed by atoms with Crippen molar-refractivity contribution in [3.63, 3.8) is 0 Å². The van der Waals surface area contributed by atoms with E-state index in [1.54, 1.807) is 12.1 Å². The van der Waals surface area contributed by atoms with E-state index in [0.717, 1.165) is 30.6 Å². The molecule has 6 heteroatoms. The molecular weight excluding hydrogens is 312 g/mol. The minimum absolute atomic E-state index is 0.126. The number of aliphatic hydroxyl groups excluding tert-OH is 1. The lowest BCUT2D eigenvalue weighted by atomic mass is 9.85. The molecule has 2 amide bonds. The number of rotatable bonds is 5. The van der Waals surface area contributed by atoms with Crippen LogP contribution >= 0.6 is 11.8 Å². The van der Waals surface area contributed by atoms with Crippen LogP contribution in [0.4, 0.5) is 5.69 Å². The summed E-state index contributed by atoms with van der Waals surface area (Å²) in [5, 5.41) is 15.3. The lowest BCUT2D eigenvalue weighted by molar-refractivity contribution is -0.136. The predicted octanol–water partition coefficient (Wildman–Crippen LogP) is 2.40. The van der Waals surface area contributed by atoms with Gasteiger partial charge in [-0.25, -0.2) is 0 Å². The Kier molecular flexibility index (Phi) is 6.92. The number of carbonyl (C=O) groups excluding carboxylic acids is 2. The molecule has 0 bridgehead atoms. The Balaban J connectivity index is 1.81. The van der Waals surface area contributed by atoms with Crippen LogP contribution in [0.1, 0.15) is 32.1 Å². The quantitative estimate of drug-likeness (QED) is 0.570. The summed E-state index contributed by atoms with van der Waals surface area (Å²) in [7, 11) is 0. The van der Waals surface area contributed by atoms with Crippen LogP contribution in [0, 0.1) is 5.92 Å². The Morgan fingerprint density at radius 1 is 1.22 bits per heavy atom. The fourth-order valence-electron chi connectivity index (χ4n) is 2.89. The fourth-order valence-corrected chi connectivity index (χ4v) is 3.44. The lowest BCUT2D eigenvalue weighted by Gasteiger charge is -2.26. The third-order valence-electron chi connectivity index (χ3n) is 4.23. The van der Waals surface area contributed by atoms with E-state index in [0.29, 0.717) is 5.69 Å². The van der Waals surface area contributed by atoms with E-state index >= 15 is 0 Å². The molecule has 1 atom stereocenters. The number of carbonyl (C=O) groups is 2. The molecule has 0 saturated heterocycles. The molecule has 0 spiro atoms. The van der Waals surface area contributed by atoms with Gasteiger partial charge < -0.3 is 15.7 Å². The van der Waals surface area contributed by atoms with Gasteiger partial charge in [0.15, 0.2) is 0 Å². The van der Waals surface area contributed by atoms with Crippen LogP contribution < -0.4 is 10.6 Å². The van der Waals surface area contributed by atoms with Crippen molar-refractivity contribution in [2.24, 2.45) is 5.92 Å². The third kappa shape index (κ3) is 5.25. The van der Waals surface area contributed by atoms with Crippen molar-refractivity contribution in [3.8, 4) is 0 Å². The normalized spacial score (nSPS) is 16.6. The minimum Gasteiger partial charge on any atom is -0.391 e. The summed E-state index contributed by atoms with van der Waals surface area (Å²) in [4.78, 5) is 24.7. The predicted molar refractivity (Wildman–Crippen MR) is 92.4 cm³/mol. The Labute approximate surface area is 141 Å². The SMILES string of the molecule is CSc1ccccc1NC(=O)C(=O)NCC(O)C1CCCCC1. The van der Waals surface area contributed by atoms with Gasteiger partial charge in [-0.2, -0.15) is 0 Å². The Bertz CT molecular complexity index is 544. The van der Waals surface area contributed by atoms with Gasteiger partial charge in [-0.05, 0) is 37.1 Å². The Morgan fingerprint density at radius 3 is 2.61 bits per heavy atom. The molecule has 1 aliphatic carbocycles. The van der Waals surface area contributed by atoms with E-state index in [9.17, 15) is 14.7 Å². The van der Waals surface area contributed by atoms with Gasteiger partial charge in [-0.1, -0.05) is 31.4 Å². The number of hydrogen-bond acceptors (Lipinski definition) is 4. The molecule has 0 aromatic heterocycles. The second-order valence-electron chi connectivity index (χ2n) is 5.83. The minimum atomic E-state index is -0.712. The van der Waals surface area contributed by atoms with Gasteiger partial charge in [0, 0.05) is 11.4 Å². The maximum absolute atomic E-state index is 12.0. The van der Waals surface area contributed by atoms with Crippen LogP contribution in [0.15, 0.2) is 29.2 Å². The van der Waals surface area contributed by atoms with Crippen molar-refractivity contribution in [2.45, 2.75) is 43.1 Å². The lowest BCUT2D eigenvalue weighted by Crippen LogP contribution is -2.42. The van der Waals surface area contributed by atoms with Crippen molar-refractivity contribution in [2.75, 3.05) is 18.1 Å². The number of anilines is 1. The summed E-state index contributed by atoms with van der Waals surface area (Å²) in [6.45, 7) is 0.126. The highest BCUT2D eigenvalue weighted by molar-refractivity contribution is 7.98. The average Bonchev–Trinajstić information content (AvgIpc) is 2.60. The molecule has 3 N–H and O–H groups in total. The van der Waals surface area contributed by atoms with Gasteiger partial charge in [0.1, 0.15) is 0 Å². The second-order valence-corrected chi connectivity index (χ2v) is 6.68. The summed E-state index contributed by atoms with van der Waals surface area (Å²) in [5.41, 5.74) is 0.618. The van der Waals surface area contributed by atoms with Crippen LogP contribution in [0.5, 0.6) is 0 Å². The van der Waals surface area contributed by atoms with Gasteiger partial charge in [0.2, 0.25) is 0 Å². The van der Waals surface area contributed by atoms with Gasteiger partial charge in [0.05, 0.1) is 11.8 Å². The van der Waals surface area contributed by atoms with Crippen molar-refractivity contribution in [1.29, 1.82) is 0 Å². The molecule has 1 aromatic carbocycles. The first kappa shape index (κ1) is 17.8. The van der Waals surface area contributed by atoms with Crippen LogP contribution in [0.2, 0.25) is 0 Å². The van der Waals surface area contributed by atoms with Gasteiger partial charge >= 0.3 is 11.8 Å². The van der Waals surface area contributed by atoms with Crippen molar-refractivity contribution < 1.29 is 14.7 Å².